The molecule has 0 bridgehead atoms. The van der Waals surface area contributed by atoms with Gasteiger partial charge in [0.15, 0.2) is 0 Å². The Morgan fingerprint density at radius 3 is 2.54 bits per heavy atom. The van der Waals surface area contributed by atoms with Gasteiger partial charge in [-0.1, -0.05) is 6.92 Å². The second-order valence-electron chi connectivity index (χ2n) is 5.85. The molecule has 0 aliphatic carbocycles. The van der Waals surface area contributed by atoms with Crippen LogP contribution in [0.1, 0.15) is 34.4 Å². The van der Waals surface area contributed by atoms with Crippen molar-refractivity contribution >= 4 is 5.91 Å². The highest BCUT2D eigenvalue weighted by atomic mass is 19.4. The fourth-order valence-corrected chi connectivity index (χ4v) is 2.28. The molecule has 1 atom stereocenters. The van der Waals surface area contributed by atoms with Crippen molar-refractivity contribution in [3.05, 3.63) is 47.0 Å². The molecule has 2 heterocycles. The number of pyridine rings is 1. The molecule has 5 nitrogen and oxygen atoms in total. The van der Waals surface area contributed by atoms with Crippen LogP contribution in [-0.4, -0.2) is 27.2 Å². The molecule has 24 heavy (non-hydrogen) atoms. The molecule has 0 aliphatic rings. The zero-order valence-electron chi connectivity index (χ0n) is 13.7. The van der Waals surface area contributed by atoms with Crippen molar-refractivity contribution in [2.45, 2.75) is 33.5 Å². The highest BCUT2D eigenvalue weighted by Crippen LogP contribution is 2.27. The molecule has 0 spiro atoms. The van der Waals surface area contributed by atoms with Gasteiger partial charge in [-0.2, -0.15) is 18.3 Å². The van der Waals surface area contributed by atoms with E-state index in [0.717, 1.165) is 29.7 Å². The topological polar surface area (TPSA) is 59.8 Å². The second kappa shape index (κ2) is 7.02. The molecule has 0 aliphatic heterocycles. The number of aryl methyl sites for hydroxylation is 2. The standard InChI is InChI=1S/C16H19F3N4O/c1-10(9-23-12(3)6-11(2)22-23)7-21-15(24)13-4-5-14(20-8-13)16(17,18)19/h4-6,8,10H,7,9H2,1-3H3,(H,21,24)/t10-/m0/s1. The quantitative estimate of drug-likeness (QED) is 0.910. The first-order valence-electron chi connectivity index (χ1n) is 7.49. The van der Waals surface area contributed by atoms with E-state index in [1.165, 1.54) is 0 Å². The molecule has 0 fully saturated rings. The molecular weight excluding hydrogens is 321 g/mol. The Balaban J connectivity index is 1.89. The second-order valence-corrected chi connectivity index (χ2v) is 5.85. The SMILES string of the molecule is Cc1cc(C)n(C[C@@H](C)CNC(=O)c2ccc(C(F)(F)F)nc2)n1. The molecule has 2 rings (SSSR count). The van der Waals surface area contributed by atoms with Crippen molar-refractivity contribution in [3.63, 3.8) is 0 Å². The summed E-state index contributed by atoms with van der Waals surface area (Å²) in [6, 6.07) is 3.89. The number of carbonyl (C=O) groups excluding carboxylic acids is 1. The predicted octanol–water partition coefficient (Wildman–Crippen LogP) is 2.98. The van der Waals surface area contributed by atoms with Gasteiger partial charge >= 0.3 is 6.18 Å². The fourth-order valence-electron chi connectivity index (χ4n) is 2.28. The Bertz CT molecular complexity index is 707. The van der Waals surface area contributed by atoms with E-state index >= 15 is 0 Å². The van der Waals surface area contributed by atoms with Crippen LogP contribution in [0.2, 0.25) is 0 Å². The van der Waals surface area contributed by atoms with Gasteiger partial charge in [-0.05, 0) is 38.0 Å². The van der Waals surface area contributed by atoms with E-state index in [-0.39, 0.29) is 11.5 Å². The number of nitrogens with zero attached hydrogens (tertiary/aromatic N) is 3. The van der Waals surface area contributed by atoms with Crippen LogP contribution in [0, 0.1) is 19.8 Å². The molecule has 2 aromatic rings. The van der Waals surface area contributed by atoms with Crippen LogP contribution in [0.5, 0.6) is 0 Å². The lowest BCUT2D eigenvalue weighted by atomic mass is 10.1. The molecule has 8 heteroatoms. The lowest BCUT2D eigenvalue weighted by Crippen LogP contribution is -2.30. The normalized spacial score (nSPS) is 12.9. The van der Waals surface area contributed by atoms with Crippen molar-refractivity contribution in [1.82, 2.24) is 20.1 Å². The van der Waals surface area contributed by atoms with Crippen LogP contribution in [0.4, 0.5) is 13.2 Å². The maximum Gasteiger partial charge on any atom is 0.433 e. The highest BCUT2D eigenvalue weighted by Gasteiger charge is 2.32. The summed E-state index contributed by atoms with van der Waals surface area (Å²) in [4.78, 5) is 15.3. The van der Waals surface area contributed by atoms with Gasteiger partial charge in [-0.15, -0.1) is 0 Å². The number of hydrogen-bond donors (Lipinski definition) is 1. The molecule has 0 saturated heterocycles. The third-order valence-electron chi connectivity index (χ3n) is 3.52. The zero-order valence-corrected chi connectivity index (χ0v) is 13.7. The average molecular weight is 340 g/mol. The van der Waals surface area contributed by atoms with Gasteiger partial charge in [0.2, 0.25) is 0 Å². The summed E-state index contributed by atoms with van der Waals surface area (Å²) in [5, 5.41) is 7.06. The molecule has 0 aromatic carbocycles. The summed E-state index contributed by atoms with van der Waals surface area (Å²) in [7, 11) is 0. The number of aromatic nitrogens is 3. The van der Waals surface area contributed by atoms with Crippen molar-refractivity contribution in [1.29, 1.82) is 0 Å². The number of amides is 1. The molecule has 1 N–H and O–H groups in total. The van der Waals surface area contributed by atoms with Gasteiger partial charge in [0.1, 0.15) is 5.69 Å². The molecule has 2 aromatic heterocycles. The lowest BCUT2D eigenvalue weighted by Gasteiger charge is -2.14. The van der Waals surface area contributed by atoms with Gasteiger partial charge in [0, 0.05) is 25.0 Å². The number of nitrogens with one attached hydrogen (secondary N) is 1. The summed E-state index contributed by atoms with van der Waals surface area (Å²) in [5.74, 6) is -0.328. The number of rotatable bonds is 5. The van der Waals surface area contributed by atoms with Crippen LogP contribution in [0.3, 0.4) is 0 Å². The van der Waals surface area contributed by atoms with Gasteiger partial charge < -0.3 is 5.32 Å². The van der Waals surface area contributed by atoms with Gasteiger partial charge in [0.05, 0.1) is 11.3 Å². The van der Waals surface area contributed by atoms with Crippen molar-refractivity contribution in [2.24, 2.45) is 5.92 Å². The van der Waals surface area contributed by atoms with E-state index in [9.17, 15) is 18.0 Å². The van der Waals surface area contributed by atoms with E-state index < -0.39 is 17.8 Å². The molecule has 0 unspecified atom stereocenters. The number of alkyl halides is 3. The maximum atomic E-state index is 12.4. The largest absolute Gasteiger partial charge is 0.433 e. The third-order valence-corrected chi connectivity index (χ3v) is 3.52. The summed E-state index contributed by atoms with van der Waals surface area (Å²) in [5.41, 5.74) is 1.05. The first kappa shape index (κ1) is 18.0. The smallest absolute Gasteiger partial charge is 0.352 e. The van der Waals surface area contributed by atoms with Crippen LogP contribution in [0.15, 0.2) is 24.4 Å². The monoisotopic (exact) mass is 340 g/mol. The molecule has 1 amide bonds. The molecule has 0 saturated carbocycles. The van der Waals surface area contributed by atoms with E-state index in [4.69, 9.17) is 0 Å². The molecule has 130 valence electrons. The first-order chi connectivity index (χ1) is 11.2. The molecule has 0 radical (unpaired) electrons. The van der Waals surface area contributed by atoms with Crippen molar-refractivity contribution in [3.8, 4) is 0 Å². The zero-order chi connectivity index (χ0) is 17.9. The molecular formula is C16H19F3N4O. The minimum absolute atomic E-state index is 0.0984. The van der Waals surface area contributed by atoms with Crippen LogP contribution in [-0.2, 0) is 12.7 Å². The van der Waals surface area contributed by atoms with Gasteiger partial charge in [-0.3, -0.25) is 14.5 Å². The lowest BCUT2D eigenvalue weighted by molar-refractivity contribution is -0.141. The van der Waals surface area contributed by atoms with Crippen LogP contribution >= 0.6 is 0 Å². The summed E-state index contributed by atoms with van der Waals surface area (Å²) in [6.45, 7) is 6.86. The van der Waals surface area contributed by atoms with Crippen molar-refractivity contribution < 1.29 is 18.0 Å². The van der Waals surface area contributed by atoms with E-state index in [0.29, 0.717) is 13.1 Å². The first-order valence-corrected chi connectivity index (χ1v) is 7.49. The summed E-state index contributed by atoms with van der Waals surface area (Å²) < 4.78 is 39.2. The van der Waals surface area contributed by atoms with Crippen LogP contribution < -0.4 is 5.32 Å². The number of halogens is 3. The number of carbonyl (C=O) groups is 1. The summed E-state index contributed by atoms with van der Waals surface area (Å²) >= 11 is 0. The van der Waals surface area contributed by atoms with Crippen molar-refractivity contribution in [2.75, 3.05) is 6.54 Å². The minimum Gasteiger partial charge on any atom is -0.352 e. The summed E-state index contributed by atoms with van der Waals surface area (Å²) in [6.07, 6.45) is -3.58. The highest BCUT2D eigenvalue weighted by molar-refractivity contribution is 5.93. The number of hydrogen-bond acceptors (Lipinski definition) is 3. The van der Waals surface area contributed by atoms with E-state index in [2.05, 4.69) is 15.4 Å². The van der Waals surface area contributed by atoms with E-state index in [1.807, 2.05) is 31.5 Å². The average Bonchev–Trinajstić information content (AvgIpc) is 2.81. The fraction of sp³-hybridized carbons (Fsp3) is 0.438. The maximum absolute atomic E-state index is 12.4. The van der Waals surface area contributed by atoms with Gasteiger partial charge in [-0.25, -0.2) is 0 Å². The Hall–Kier alpha value is -2.38. The minimum atomic E-state index is -4.51. The third kappa shape index (κ3) is 4.56. The Kier molecular flexibility index (Phi) is 5.26. The van der Waals surface area contributed by atoms with E-state index in [1.54, 1.807) is 0 Å². The predicted molar refractivity (Wildman–Crippen MR) is 82.4 cm³/mol. The Morgan fingerprint density at radius 2 is 2.04 bits per heavy atom. The van der Waals surface area contributed by atoms with Gasteiger partial charge in [0.25, 0.3) is 5.91 Å². The van der Waals surface area contributed by atoms with Crippen LogP contribution in [0.25, 0.3) is 0 Å². The Morgan fingerprint density at radius 1 is 1.33 bits per heavy atom. The Labute approximate surface area is 137 Å².